The number of rotatable bonds is 6. The number of aryl methyl sites for hydroxylation is 2. The number of carbonyl (C=O) groups is 1. The number of nitrogens with zero attached hydrogens (tertiary/aromatic N) is 3. The van der Waals surface area contributed by atoms with E-state index in [1.165, 1.54) is 5.56 Å². The Morgan fingerprint density at radius 2 is 2.20 bits per heavy atom. The number of amides is 1. The smallest absolute Gasteiger partial charge is 0.271 e. The summed E-state index contributed by atoms with van der Waals surface area (Å²) in [5.41, 5.74) is 7.28. The van der Waals surface area contributed by atoms with Crippen molar-refractivity contribution in [1.82, 2.24) is 15.0 Å². The van der Waals surface area contributed by atoms with Crippen molar-refractivity contribution in [3.63, 3.8) is 0 Å². The average molecular weight is 274 g/mol. The summed E-state index contributed by atoms with van der Waals surface area (Å²) in [6.45, 7) is 5.02. The summed E-state index contributed by atoms with van der Waals surface area (Å²) < 4.78 is 7.32. The van der Waals surface area contributed by atoms with E-state index in [4.69, 9.17) is 10.5 Å². The molecule has 0 unspecified atom stereocenters. The Labute approximate surface area is 117 Å². The number of ether oxygens (including phenoxy) is 1. The fourth-order valence-corrected chi connectivity index (χ4v) is 1.91. The van der Waals surface area contributed by atoms with Crippen molar-refractivity contribution in [2.45, 2.75) is 26.8 Å². The van der Waals surface area contributed by atoms with Crippen LogP contribution in [0.3, 0.4) is 0 Å². The number of hydrogen-bond acceptors (Lipinski definition) is 4. The largest absolute Gasteiger partial charge is 0.494 e. The number of carbonyl (C=O) groups excluding carboxylic acids is 1. The molecule has 1 aromatic heterocycles. The number of aromatic nitrogens is 3. The second-order valence-electron chi connectivity index (χ2n) is 4.63. The quantitative estimate of drug-likeness (QED) is 0.808. The van der Waals surface area contributed by atoms with Gasteiger partial charge in [0, 0.05) is 13.0 Å². The molecule has 0 atom stereocenters. The minimum Gasteiger partial charge on any atom is -0.494 e. The van der Waals surface area contributed by atoms with Gasteiger partial charge in [-0.25, -0.2) is 4.68 Å². The zero-order chi connectivity index (χ0) is 14.5. The predicted molar refractivity (Wildman–Crippen MR) is 74.6 cm³/mol. The highest BCUT2D eigenvalue weighted by atomic mass is 16.5. The van der Waals surface area contributed by atoms with Gasteiger partial charge in [0.2, 0.25) is 0 Å². The molecule has 2 aromatic rings. The highest BCUT2D eigenvalue weighted by Crippen LogP contribution is 2.12. The summed E-state index contributed by atoms with van der Waals surface area (Å²) in [7, 11) is 0. The maximum absolute atomic E-state index is 11.1. The van der Waals surface area contributed by atoms with Gasteiger partial charge in [0.15, 0.2) is 5.69 Å². The molecule has 0 fully saturated rings. The molecule has 2 N–H and O–H groups in total. The normalized spacial score (nSPS) is 10.5. The Morgan fingerprint density at radius 1 is 1.40 bits per heavy atom. The summed E-state index contributed by atoms with van der Waals surface area (Å²) in [5, 5.41) is 7.67. The third-order valence-corrected chi connectivity index (χ3v) is 2.99. The monoisotopic (exact) mass is 274 g/mol. The third kappa shape index (κ3) is 3.34. The van der Waals surface area contributed by atoms with Crippen LogP contribution in [0.15, 0.2) is 24.3 Å². The van der Waals surface area contributed by atoms with Gasteiger partial charge < -0.3 is 10.5 Å². The van der Waals surface area contributed by atoms with E-state index in [0.717, 1.165) is 12.2 Å². The van der Waals surface area contributed by atoms with Crippen molar-refractivity contribution in [1.29, 1.82) is 0 Å². The van der Waals surface area contributed by atoms with Crippen LogP contribution in [0.4, 0.5) is 0 Å². The number of benzene rings is 1. The van der Waals surface area contributed by atoms with E-state index < -0.39 is 5.91 Å². The molecule has 0 spiro atoms. The lowest BCUT2D eigenvalue weighted by molar-refractivity contribution is 0.0995. The van der Waals surface area contributed by atoms with Crippen LogP contribution in [-0.4, -0.2) is 27.5 Å². The van der Waals surface area contributed by atoms with E-state index in [9.17, 15) is 4.79 Å². The molecule has 0 aliphatic heterocycles. The van der Waals surface area contributed by atoms with Gasteiger partial charge in [0.25, 0.3) is 5.91 Å². The van der Waals surface area contributed by atoms with Gasteiger partial charge in [-0.1, -0.05) is 17.3 Å². The Kier molecular flexibility index (Phi) is 4.34. The molecule has 0 aliphatic carbocycles. The fraction of sp³-hybridized carbons (Fsp3) is 0.357. The predicted octanol–water partition coefficient (Wildman–Crippen LogP) is 1.46. The van der Waals surface area contributed by atoms with Crippen LogP contribution in [0.2, 0.25) is 0 Å². The first-order chi connectivity index (χ1) is 9.58. The molecule has 6 heteroatoms. The minimum absolute atomic E-state index is 0.226. The van der Waals surface area contributed by atoms with Crippen LogP contribution in [0.25, 0.3) is 0 Å². The van der Waals surface area contributed by atoms with Crippen LogP contribution in [0.1, 0.15) is 28.2 Å². The molecule has 1 amide bonds. The number of primary amides is 1. The molecule has 0 bridgehead atoms. The first-order valence-electron chi connectivity index (χ1n) is 6.47. The van der Waals surface area contributed by atoms with Crippen molar-refractivity contribution in [3.05, 3.63) is 41.2 Å². The lowest BCUT2D eigenvalue weighted by Gasteiger charge is -2.07. The molecule has 2 rings (SSSR count). The van der Waals surface area contributed by atoms with E-state index in [-0.39, 0.29) is 5.69 Å². The molecule has 106 valence electrons. The van der Waals surface area contributed by atoms with Gasteiger partial charge in [-0.2, -0.15) is 0 Å². The van der Waals surface area contributed by atoms with Gasteiger partial charge >= 0.3 is 0 Å². The lowest BCUT2D eigenvalue weighted by Crippen LogP contribution is -2.14. The standard InChI is InChI=1S/C14H18N4O2/c1-10-5-3-6-12(9-10)20-8-4-7-18-11(2)13(14(15)19)16-17-18/h3,5-6,9H,4,7-8H2,1-2H3,(H2,15,19). The zero-order valence-electron chi connectivity index (χ0n) is 11.7. The van der Waals surface area contributed by atoms with Crippen molar-refractivity contribution in [2.75, 3.05) is 6.61 Å². The van der Waals surface area contributed by atoms with E-state index in [1.54, 1.807) is 11.6 Å². The third-order valence-electron chi connectivity index (χ3n) is 2.99. The van der Waals surface area contributed by atoms with E-state index in [2.05, 4.69) is 10.3 Å². The lowest BCUT2D eigenvalue weighted by atomic mass is 10.2. The van der Waals surface area contributed by atoms with Crippen LogP contribution >= 0.6 is 0 Å². The summed E-state index contributed by atoms with van der Waals surface area (Å²) in [6.07, 6.45) is 0.774. The Bertz CT molecular complexity index is 607. The van der Waals surface area contributed by atoms with Crippen LogP contribution in [0, 0.1) is 13.8 Å². The maximum atomic E-state index is 11.1. The molecule has 20 heavy (non-hydrogen) atoms. The van der Waals surface area contributed by atoms with Crippen molar-refractivity contribution < 1.29 is 9.53 Å². The molecule has 6 nitrogen and oxygen atoms in total. The molecule has 1 aromatic carbocycles. The molecular weight excluding hydrogens is 256 g/mol. The molecule has 0 saturated carbocycles. The van der Waals surface area contributed by atoms with Crippen molar-refractivity contribution >= 4 is 5.91 Å². The number of hydrogen-bond donors (Lipinski definition) is 1. The first kappa shape index (κ1) is 14.0. The van der Waals surface area contributed by atoms with Crippen LogP contribution < -0.4 is 10.5 Å². The van der Waals surface area contributed by atoms with E-state index in [1.807, 2.05) is 31.2 Å². The van der Waals surface area contributed by atoms with E-state index in [0.29, 0.717) is 18.8 Å². The second-order valence-corrected chi connectivity index (χ2v) is 4.63. The van der Waals surface area contributed by atoms with Crippen LogP contribution in [0.5, 0.6) is 5.75 Å². The van der Waals surface area contributed by atoms with Gasteiger partial charge in [-0.15, -0.1) is 5.10 Å². The summed E-state index contributed by atoms with van der Waals surface area (Å²) in [6, 6.07) is 7.91. The second kappa shape index (κ2) is 6.18. The Morgan fingerprint density at radius 3 is 2.85 bits per heavy atom. The summed E-state index contributed by atoms with van der Waals surface area (Å²) in [5.74, 6) is 0.308. The number of nitrogens with two attached hydrogens (primary N) is 1. The SMILES string of the molecule is Cc1cccc(OCCCn2nnc(C(N)=O)c2C)c1. The Balaban J connectivity index is 1.83. The fourth-order valence-electron chi connectivity index (χ4n) is 1.91. The molecular formula is C14H18N4O2. The topological polar surface area (TPSA) is 83.0 Å². The highest BCUT2D eigenvalue weighted by Gasteiger charge is 2.12. The summed E-state index contributed by atoms with van der Waals surface area (Å²) in [4.78, 5) is 11.1. The van der Waals surface area contributed by atoms with Crippen molar-refractivity contribution in [2.24, 2.45) is 5.73 Å². The van der Waals surface area contributed by atoms with Crippen LogP contribution in [-0.2, 0) is 6.54 Å². The Hall–Kier alpha value is -2.37. The van der Waals surface area contributed by atoms with Gasteiger partial charge in [-0.3, -0.25) is 4.79 Å². The van der Waals surface area contributed by atoms with Gasteiger partial charge in [0.1, 0.15) is 5.75 Å². The minimum atomic E-state index is -0.551. The molecule has 1 heterocycles. The molecule has 0 aliphatic rings. The zero-order valence-corrected chi connectivity index (χ0v) is 11.7. The van der Waals surface area contributed by atoms with E-state index >= 15 is 0 Å². The average Bonchev–Trinajstić information content (AvgIpc) is 2.76. The molecule has 0 radical (unpaired) electrons. The first-order valence-corrected chi connectivity index (χ1v) is 6.47. The van der Waals surface area contributed by atoms with Crippen molar-refractivity contribution in [3.8, 4) is 5.75 Å². The highest BCUT2D eigenvalue weighted by molar-refractivity contribution is 5.91. The van der Waals surface area contributed by atoms with Gasteiger partial charge in [0.05, 0.1) is 12.3 Å². The maximum Gasteiger partial charge on any atom is 0.271 e. The molecule has 0 saturated heterocycles. The summed E-state index contributed by atoms with van der Waals surface area (Å²) >= 11 is 0. The van der Waals surface area contributed by atoms with Gasteiger partial charge in [-0.05, 0) is 31.5 Å².